The molecule has 21 heavy (non-hydrogen) atoms. The lowest BCUT2D eigenvalue weighted by atomic mass is 10.1. The van der Waals surface area contributed by atoms with Crippen LogP contribution in [-0.4, -0.2) is 50.7 Å². The molecular weight excluding hydrogens is 285 g/mol. The summed E-state index contributed by atoms with van der Waals surface area (Å²) in [6, 6.07) is 6.25. The number of nitrogens with zero attached hydrogens (tertiary/aromatic N) is 1. The lowest BCUT2D eigenvalue weighted by Crippen LogP contribution is -2.45. The molecule has 0 saturated carbocycles. The summed E-state index contributed by atoms with van der Waals surface area (Å²) < 4.78 is 46.9. The van der Waals surface area contributed by atoms with Crippen LogP contribution in [-0.2, 0) is 11.3 Å². The standard InChI is InChI=1S/C14H19F3N2O2/c1-18-8-12-10-19(6-7-20-12)9-11-4-2-3-5-13(11)21-14(15,16)17/h2-5,12,18H,6-10H2,1H3. The van der Waals surface area contributed by atoms with Crippen LogP contribution in [0.5, 0.6) is 5.75 Å². The highest BCUT2D eigenvalue weighted by atomic mass is 19.4. The number of likely N-dealkylation sites (N-methyl/N-ethyl adjacent to an activating group) is 1. The maximum Gasteiger partial charge on any atom is 0.573 e. The molecule has 1 N–H and O–H groups in total. The van der Waals surface area contributed by atoms with Crippen molar-refractivity contribution in [3.63, 3.8) is 0 Å². The Balaban J connectivity index is 2.02. The number of hydrogen-bond donors (Lipinski definition) is 1. The molecule has 7 heteroatoms. The summed E-state index contributed by atoms with van der Waals surface area (Å²) in [5.74, 6) is -0.137. The number of ether oxygens (including phenoxy) is 2. The first-order chi connectivity index (χ1) is 9.98. The summed E-state index contributed by atoms with van der Waals surface area (Å²) in [4.78, 5) is 2.07. The molecule has 1 atom stereocenters. The predicted molar refractivity (Wildman–Crippen MR) is 72.1 cm³/mol. The monoisotopic (exact) mass is 304 g/mol. The summed E-state index contributed by atoms with van der Waals surface area (Å²) in [6.45, 7) is 3.09. The van der Waals surface area contributed by atoms with Crippen molar-refractivity contribution in [1.82, 2.24) is 10.2 Å². The van der Waals surface area contributed by atoms with Gasteiger partial charge >= 0.3 is 6.36 Å². The molecule has 1 saturated heterocycles. The van der Waals surface area contributed by atoms with Crippen LogP contribution in [0.3, 0.4) is 0 Å². The van der Waals surface area contributed by atoms with E-state index >= 15 is 0 Å². The zero-order valence-corrected chi connectivity index (χ0v) is 11.8. The van der Waals surface area contributed by atoms with Crippen molar-refractivity contribution in [2.75, 3.05) is 33.3 Å². The van der Waals surface area contributed by atoms with Crippen LogP contribution in [0, 0.1) is 0 Å². The van der Waals surface area contributed by atoms with E-state index in [9.17, 15) is 13.2 Å². The van der Waals surface area contributed by atoms with E-state index in [0.29, 0.717) is 31.8 Å². The van der Waals surface area contributed by atoms with Crippen LogP contribution >= 0.6 is 0 Å². The summed E-state index contributed by atoms with van der Waals surface area (Å²) in [7, 11) is 1.84. The van der Waals surface area contributed by atoms with E-state index in [4.69, 9.17) is 4.74 Å². The average molecular weight is 304 g/mol. The van der Waals surface area contributed by atoms with Crippen LogP contribution in [0.4, 0.5) is 13.2 Å². The van der Waals surface area contributed by atoms with Gasteiger partial charge in [-0.1, -0.05) is 18.2 Å². The molecular formula is C14H19F3N2O2. The van der Waals surface area contributed by atoms with Crippen LogP contribution in [0.1, 0.15) is 5.56 Å². The van der Waals surface area contributed by atoms with Crippen LogP contribution in [0.25, 0.3) is 0 Å². The highest BCUT2D eigenvalue weighted by Gasteiger charge is 2.32. The number of alkyl halides is 3. The summed E-state index contributed by atoms with van der Waals surface area (Å²) in [5.41, 5.74) is 0.528. The van der Waals surface area contributed by atoms with Gasteiger partial charge in [0, 0.05) is 31.7 Å². The smallest absolute Gasteiger partial charge is 0.405 e. The molecule has 0 spiro atoms. The number of benzene rings is 1. The minimum absolute atomic E-state index is 0.0550. The first-order valence-corrected chi connectivity index (χ1v) is 6.80. The highest BCUT2D eigenvalue weighted by molar-refractivity contribution is 5.33. The number of para-hydroxylation sites is 1. The van der Waals surface area contributed by atoms with Gasteiger partial charge in [0.1, 0.15) is 5.75 Å². The third-order valence-electron chi connectivity index (χ3n) is 3.25. The minimum Gasteiger partial charge on any atom is -0.405 e. The van der Waals surface area contributed by atoms with Crippen molar-refractivity contribution in [1.29, 1.82) is 0 Å². The van der Waals surface area contributed by atoms with Crippen molar-refractivity contribution in [3.8, 4) is 5.75 Å². The van der Waals surface area contributed by atoms with Crippen molar-refractivity contribution in [3.05, 3.63) is 29.8 Å². The van der Waals surface area contributed by atoms with E-state index in [0.717, 1.165) is 6.54 Å². The zero-order chi connectivity index (χ0) is 15.3. The lowest BCUT2D eigenvalue weighted by molar-refractivity contribution is -0.275. The van der Waals surface area contributed by atoms with Crippen molar-refractivity contribution in [2.45, 2.75) is 19.0 Å². The van der Waals surface area contributed by atoms with Gasteiger partial charge in [-0.05, 0) is 13.1 Å². The maximum absolute atomic E-state index is 12.4. The molecule has 1 heterocycles. The van der Waals surface area contributed by atoms with Gasteiger partial charge in [-0.25, -0.2) is 0 Å². The van der Waals surface area contributed by atoms with Crippen LogP contribution in [0.15, 0.2) is 24.3 Å². The quantitative estimate of drug-likeness (QED) is 0.902. The molecule has 1 aromatic rings. The molecule has 118 valence electrons. The predicted octanol–water partition coefficient (Wildman–Crippen LogP) is 2.01. The Labute approximate surface area is 121 Å². The van der Waals surface area contributed by atoms with E-state index in [1.54, 1.807) is 12.1 Å². The van der Waals surface area contributed by atoms with Gasteiger partial charge < -0.3 is 14.8 Å². The Morgan fingerprint density at radius 2 is 2.14 bits per heavy atom. The minimum atomic E-state index is -4.67. The van der Waals surface area contributed by atoms with Crippen molar-refractivity contribution in [2.24, 2.45) is 0 Å². The van der Waals surface area contributed by atoms with Crippen LogP contribution in [0.2, 0.25) is 0 Å². The second-order valence-electron chi connectivity index (χ2n) is 4.94. The molecule has 4 nitrogen and oxygen atoms in total. The van der Waals surface area contributed by atoms with E-state index in [2.05, 4.69) is 15.0 Å². The Morgan fingerprint density at radius 3 is 2.86 bits per heavy atom. The van der Waals surface area contributed by atoms with Gasteiger partial charge in [-0.2, -0.15) is 0 Å². The third-order valence-corrected chi connectivity index (χ3v) is 3.25. The lowest BCUT2D eigenvalue weighted by Gasteiger charge is -2.33. The fourth-order valence-corrected chi connectivity index (χ4v) is 2.37. The molecule has 0 radical (unpaired) electrons. The molecule has 1 fully saturated rings. The van der Waals surface area contributed by atoms with Gasteiger partial charge in [-0.15, -0.1) is 13.2 Å². The van der Waals surface area contributed by atoms with Gasteiger partial charge in [0.25, 0.3) is 0 Å². The summed E-state index contributed by atoms with van der Waals surface area (Å²) in [5, 5.41) is 3.04. The van der Waals surface area contributed by atoms with Gasteiger partial charge in [-0.3, -0.25) is 4.90 Å². The largest absolute Gasteiger partial charge is 0.573 e. The number of nitrogens with one attached hydrogen (secondary N) is 1. The Bertz CT molecular complexity index is 452. The number of halogens is 3. The maximum atomic E-state index is 12.4. The van der Waals surface area contributed by atoms with E-state index in [1.165, 1.54) is 12.1 Å². The van der Waals surface area contributed by atoms with Crippen molar-refractivity contribution < 1.29 is 22.6 Å². The first kappa shape index (κ1) is 16.1. The van der Waals surface area contributed by atoms with Crippen molar-refractivity contribution >= 4 is 0 Å². The summed E-state index contributed by atoms with van der Waals surface area (Å²) in [6.07, 6.45) is -4.62. The molecule has 0 bridgehead atoms. The number of hydrogen-bond acceptors (Lipinski definition) is 4. The van der Waals surface area contributed by atoms with Crippen LogP contribution < -0.4 is 10.1 Å². The normalized spacial score (nSPS) is 20.5. The van der Waals surface area contributed by atoms with Gasteiger partial charge in [0.15, 0.2) is 0 Å². The molecule has 1 aliphatic rings. The Hall–Kier alpha value is -1.31. The molecule has 1 aliphatic heterocycles. The average Bonchev–Trinajstić information content (AvgIpc) is 2.40. The fourth-order valence-electron chi connectivity index (χ4n) is 2.37. The molecule has 1 unspecified atom stereocenters. The number of morpholine rings is 1. The summed E-state index contributed by atoms with van der Waals surface area (Å²) >= 11 is 0. The first-order valence-electron chi connectivity index (χ1n) is 6.80. The van der Waals surface area contributed by atoms with E-state index in [-0.39, 0.29) is 11.9 Å². The third kappa shape index (κ3) is 5.18. The SMILES string of the molecule is CNCC1CN(Cc2ccccc2OC(F)(F)F)CCO1. The molecule has 0 amide bonds. The van der Waals surface area contributed by atoms with E-state index in [1.807, 2.05) is 7.05 Å². The molecule has 1 aromatic carbocycles. The topological polar surface area (TPSA) is 33.7 Å². The highest BCUT2D eigenvalue weighted by Crippen LogP contribution is 2.27. The second-order valence-corrected chi connectivity index (χ2v) is 4.94. The molecule has 0 aliphatic carbocycles. The fraction of sp³-hybridized carbons (Fsp3) is 0.571. The second kappa shape index (κ2) is 7.11. The Kier molecular flexibility index (Phi) is 5.44. The Morgan fingerprint density at radius 1 is 1.38 bits per heavy atom. The number of rotatable bonds is 5. The molecule has 0 aromatic heterocycles. The zero-order valence-electron chi connectivity index (χ0n) is 11.8. The van der Waals surface area contributed by atoms with Gasteiger partial charge in [0.05, 0.1) is 12.7 Å². The van der Waals surface area contributed by atoms with Gasteiger partial charge in [0.2, 0.25) is 0 Å². The molecule has 2 rings (SSSR count). The van der Waals surface area contributed by atoms with E-state index < -0.39 is 6.36 Å².